The monoisotopic (exact) mass is 1000 g/mol. The van der Waals surface area contributed by atoms with Crippen molar-refractivity contribution in [2.24, 2.45) is 0 Å². The summed E-state index contributed by atoms with van der Waals surface area (Å²) in [7, 11) is 0. The van der Waals surface area contributed by atoms with Gasteiger partial charge in [0.15, 0.2) is 0 Å². The largest absolute Gasteiger partial charge is 0.311 e. The van der Waals surface area contributed by atoms with Gasteiger partial charge in [-0.1, -0.05) is 263 Å². The number of unbranched alkanes of at least 4 members (excludes halogenated alkanes) is 1. The first-order chi connectivity index (χ1) is 38.6. The summed E-state index contributed by atoms with van der Waals surface area (Å²) in [6.07, 6.45) is 16.5. The van der Waals surface area contributed by atoms with Gasteiger partial charge in [0, 0.05) is 34.1 Å². The molecule has 10 aromatic rings. The van der Waals surface area contributed by atoms with E-state index in [9.17, 15) is 0 Å². The molecule has 0 aromatic heterocycles. The Morgan fingerprint density at radius 3 is 1.23 bits per heavy atom. The Kier molecular flexibility index (Phi) is 13.9. The molecule has 376 valence electrons. The van der Waals surface area contributed by atoms with E-state index in [2.05, 4.69) is 333 Å². The third-order valence-electron chi connectivity index (χ3n) is 15.8. The highest BCUT2D eigenvalue weighted by Gasteiger charge is 2.53. The van der Waals surface area contributed by atoms with Crippen molar-refractivity contribution >= 4 is 39.6 Å². The van der Waals surface area contributed by atoms with Crippen LogP contribution >= 0.6 is 0 Å². The molecule has 2 nitrogen and oxygen atoms in total. The minimum absolute atomic E-state index is 0.624. The van der Waals surface area contributed by atoms with Crippen molar-refractivity contribution in [1.82, 2.24) is 0 Å². The van der Waals surface area contributed by atoms with Crippen LogP contribution < -0.4 is 9.80 Å². The summed E-state index contributed by atoms with van der Waals surface area (Å²) in [5.41, 5.74) is 19.6. The van der Waals surface area contributed by atoms with E-state index in [0.717, 1.165) is 64.5 Å². The molecule has 2 aliphatic rings. The molecule has 0 saturated carbocycles. The van der Waals surface area contributed by atoms with Gasteiger partial charge in [0.05, 0.1) is 10.8 Å². The fourth-order valence-electron chi connectivity index (χ4n) is 12.2. The van der Waals surface area contributed by atoms with E-state index in [-0.39, 0.29) is 0 Å². The summed E-state index contributed by atoms with van der Waals surface area (Å²) in [5.74, 6) is 0. The fourth-order valence-corrected chi connectivity index (χ4v) is 12.2. The number of hydrogen-bond donors (Lipinski definition) is 0. The maximum atomic E-state index is 4.40. The van der Waals surface area contributed by atoms with Gasteiger partial charge < -0.3 is 9.80 Å². The molecular weight excluding hydrogens is 941 g/mol. The lowest BCUT2D eigenvalue weighted by atomic mass is 9.50. The van der Waals surface area contributed by atoms with Crippen LogP contribution in [0.25, 0.3) is 11.1 Å². The summed E-state index contributed by atoms with van der Waals surface area (Å²) in [5, 5.41) is 0. The van der Waals surface area contributed by atoms with Gasteiger partial charge in [-0.2, -0.15) is 0 Å². The summed E-state index contributed by atoms with van der Waals surface area (Å²) >= 11 is 0. The fraction of sp³-hybridized carbons (Fsp3) is 0.0789. The Balaban J connectivity index is 1.05. The highest BCUT2D eigenvalue weighted by molar-refractivity contribution is 5.82. The van der Waals surface area contributed by atoms with Crippen LogP contribution in [0, 0.1) is 0 Å². The second kappa shape index (κ2) is 22.0. The van der Waals surface area contributed by atoms with E-state index >= 15 is 0 Å². The average Bonchev–Trinajstić information content (AvgIpc) is 3.78. The normalized spacial score (nSPS) is 14.1. The Labute approximate surface area is 461 Å². The maximum Gasteiger partial charge on any atom is 0.0708 e. The zero-order chi connectivity index (χ0) is 52.7. The highest BCUT2D eigenvalue weighted by Crippen LogP contribution is 2.60. The first kappa shape index (κ1) is 49.4. The molecule has 0 fully saturated rings. The van der Waals surface area contributed by atoms with Crippen LogP contribution in [0.3, 0.4) is 0 Å². The highest BCUT2D eigenvalue weighted by atomic mass is 15.1. The number of allylic oxidation sites excluding steroid dienone is 8. The first-order valence-electron chi connectivity index (χ1n) is 27.4. The lowest BCUT2D eigenvalue weighted by Crippen LogP contribution is -2.45. The molecule has 0 radical (unpaired) electrons. The minimum Gasteiger partial charge on any atom is -0.311 e. The van der Waals surface area contributed by atoms with Gasteiger partial charge in [-0.15, -0.1) is 0 Å². The zero-order valence-corrected chi connectivity index (χ0v) is 44.2. The van der Waals surface area contributed by atoms with Crippen LogP contribution in [0.1, 0.15) is 81.8 Å². The zero-order valence-electron chi connectivity index (χ0n) is 44.2. The van der Waals surface area contributed by atoms with Crippen molar-refractivity contribution in [2.75, 3.05) is 9.80 Å². The summed E-state index contributed by atoms with van der Waals surface area (Å²) in [6.45, 7) is 6.60. The van der Waals surface area contributed by atoms with Crippen LogP contribution in [-0.4, -0.2) is 0 Å². The van der Waals surface area contributed by atoms with E-state index < -0.39 is 10.8 Å². The van der Waals surface area contributed by atoms with E-state index in [1.807, 2.05) is 0 Å². The Hall–Kier alpha value is -9.50. The van der Waals surface area contributed by atoms with Gasteiger partial charge >= 0.3 is 0 Å². The Morgan fingerprint density at radius 2 is 0.769 bits per heavy atom. The molecular formula is C76H62N2. The van der Waals surface area contributed by atoms with Crippen molar-refractivity contribution in [3.05, 3.63) is 377 Å². The van der Waals surface area contributed by atoms with Crippen LogP contribution in [0.5, 0.6) is 0 Å². The number of fused-ring (bicyclic) bond motifs is 2. The van der Waals surface area contributed by atoms with Gasteiger partial charge in [-0.05, 0) is 146 Å². The van der Waals surface area contributed by atoms with Crippen LogP contribution in [0.15, 0.2) is 322 Å². The summed E-state index contributed by atoms with van der Waals surface area (Å²) < 4.78 is 0. The van der Waals surface area contributed by atoms with Gasteiger partial charge in [0.2, 0.25) is 0 Å². The lowest BCUT2D eigenvalue weighted by molar-refractivity contribution is 0.615. The number of nitrogens with zero attached hydrogens (tertiary/aromatic N) is 2. The maximum absolute atomic E-state index is 4.40. The number of rotatable bonds is 15. The molecule has 0 bridgehead atoms. The smallest absolute Gasteiger partial charge is 0.0708 e. The molecule has 0 N–H and O–H groups in total. The van der Waals surface area contributed by atoms with Gasteiger partial charge in [0.1, 0.15) is 0 Å². The SMILES string of the molecule is C=C(/C=C\CCC)c1ccc(N(c2ccccc2)c2ccc(C3(c4ccc(N(C5=CCC=C(c6ccccc6)C=C5)c5ccccc5)cc4)c4ccccc4C(c4ccccc4)(c4ccccc4)c4ccccc43)cc2)cc1. The lowest BCUT2D eigenvalue weighted by Gasteiger charge is -2.51. The molecule has 0 saturated heterocycles. The van der Waals surface area contributed by atoms with Crippen LogP contribution in [0.4, 0.5) is 28.4 Å². The van der Waals surface area contributed by atoms with Crippen molar-refractivity contribution in [3.8, 4) is 0 Å². The quantitative estimate of drug-likeness (QED) is 0.0945. The van der Waals surface area contributed by atoms with Crippen molar-refractivity contribution in [2.45, 2.75) is 37.0 Å². The topological polar surface area (TPSA) is 6.48 Å². The minimum atomic E-state index is -0.754. The molecule has 2 aliphatic carbocycles. The van der Waals surface area contributed by atoms with E-state index in [4.69, 9.17) is 0 Å². The molecule has 12 rings (SSSR count). The first-order valence-corrected chi connectivity index (χ1v) is 27.4. The van der Waals surface area contributed by atoms with Gasteiger partial charge in [-0.3, -0.25) is 0 Å². The van der Waals surface area contributed by atoms with Crippen LogP contribution in [-0.2, 0) is 10.8 Å². The standard InChI is InChI=1S/C76H62N2/c1-3-4-10-26-57(2)58-43-50-68(51-44-58)78(66-36-19-9-20-37-66)70-55-48-64(49-56-70)76(63-46-53-69(54-47-63)77(65-34-17-8-18-35-65)67-38-25-29-60(45-52-67)59-27-11-5-12-28-59)73-41-23-21-39-71(73)75(61-30-13-6-14-31-61,62-32-15-7-16-33-62)72-40-22-24-42-74(72)76/h5-24,26-56H,2-4,25H2,1H3/b26-10-. The van der Waals surface area contributed by atoms with Gasteiger partial charge in [-0.25, -0.2) is 0 Å². The van der Waals surface area contributed by atoms with E-state index in [1.54, 1.807) is 0 Å². The predicted molar refractivity (Wildman–Crippen MR) is 329 cm³/mol. The summed E-state index contributed by atoms with van der Waals surface area (Å²) in [4.78, 5) is 4.75. The predicted octanol–water partition coefficient (Wildman–Crippen LogP) is 19.7. The third-order valence-corrected chi connectivity index (χ3v) is 15.8. The van der Waals surface area contributed by atoms with E-state index in [1.165, 1.54) is 55.6 Å². The molecule has 0 amide bonds. The average molecular weight is 1000 g/mol. The van der Waals surface area contributed by atoms with E-state index in [0.29, 0.717) is 0 Å². The van der Waals surface area contributed by atoms with Crippen molar-refractivity contribution < 1.29 is 0 Å². The van der Waals surface area contributed by atoms with Crippen molar-refractivity contribution in [3.63, 3.8) is 0 Å². The molecule has 2 heteroatoms. The van der Waals surface area contributed by atoms with Crippen LogP contribution in [0.2, 0.25) is 0 Å². The summed E-state index contributed by atoms with van der Waals surface area (Å²) in [6, 6.07) is 101. The Morgan fingerprint density at radius 1 is 0.397 bits per heavy atom. The third kappa shape index (κ3) is 8.95. The number of anilines is 5. The van der Waals surface area contributed by atoms with Crippen molar-refractivity contribution in [1.29, 1.82) is 0 Å². The second-order valence-electron chi connectivity index (χ2n) is 20.2. The Bertz CT molecular complexity index is 3710. The molecule has 0 atom stereocenters. The second-order valence-corrected chi connectivity index (χ2v) is 20.2. The molecule has 78 heavy (non-hydrogen) atoms. The molecule has 0 aliphatic heterocycles. The molecule has 0 spiro atoms. The number of hydrogen-bond acceptors (Lipinski definition) is 2. The molecule has 0 heterocycles. The van der Waals surface area contributed by atoms with Gasteiger partial charge in [0.25, 0.3) is 0 Å². The molecule has 10 aromatic carbocycles. The number of para-hydroxylation sites is 2. The number of benzene rings is 10. The molecule has 0 unspecified atom stereocenters.